The van der Waals surface area contributed by atoms with Crippen molar-refractivity contribution in [3.05, 3.63) is 0 Å². The molecule has 21 heavy (non-hydrogen) atoms. The van der Waals surface area contributed by atoms with E-state index in [1.165, 1.54) is 0 Å². The fraction of sp³-hybridized carbons (Fsp3) is 0.786. The van der Waals surface area contributed by atoms with Gasteiger partial charge in [-0.3, -0.25) is 9.59 Å². The van der Waals surface area contributed by atoms with Gasteiger partial charge in [-0.05, 0) is 25.7 Å². The Hall–Kier alpha value is -1.63. The van der Waals surface area contributed by atoms with Crippen LogP contribution in [0, 0.1) is 11.8 Å². The lowest BCUT2D eigenvalue weighted by Crippen LogP contribution is -2.55. The lowest BCUT2D eigenvalue weighted by Gasteiger charge is -2.27. The average Bonchev–Trinajstić information content (AvgIpc) is 3.21. The lowest BCUT2D eigenvalue weighted by molar-refractivity contribution is -0.148. The van der Waals surface area contributed by atoms with E-state index in [0.29, 0.717) is 19.7 Å². The van der Waals surface area contributed by atoms with Crippen LogP contribution in [-0.2, 0) is 19.1 Å². The molecule has 2 aliphatic rings. The zero-order chi connectivity index (χ0) is 15.6. The molecule has 1 saturated heterocycles. The smallest absolute Gasteiger partial charge is 0.329 e. The minimum Gasteiger partial charge on any atom is -0.480 e. The first-order valence-electron chi connectivity index (χ1n) is 7.20. The second-order valence-corrected chi connectivity index (χ2v) is 6.00. The van der Waals surface area contributed by atoms with Gasteiger partial charge in [-0.25, -0.2) is 4.79 Å². The number of ether oxygens (including phenoxy) is 1. The molecule has 2 N–H and O–H groups in total. The summed E-state index contributed by atoms with van der Waals surface area (Å²) in [6, 6.07) is 0. The molecule has 0 spiro atoms. The van der Waals surface area contributed by atoms with E-state index in [1.54, 1.807) is 18.9 Å². The molecular weight excluding hydrogens is 276 g/mol. The van der Waals surface area contributed by atoms with Crippen LogP contribution in [0.5, 0.6) is 0 Å². The van der Waals surface area contributed by atoms with Crippen molar-refractivity contribution in [1.29, 1.82) is 0 Å². The van der Waals surface area contributed by atoms with E-state index >= 15 is 0 Å². The Kier molecular flexibility index (Phi) is 4.51. The number of hydrogen-bond donors (Lipinski definition) is 2. The van der Waals surface area contributed by atoms with Gasteiger partial charge in [0.1, 0.15) is 5.54 Å². The Balaban J connectivity index is 1.95. The van der Waals surface area contributed by atoms with Gasteiger partial charge in [0, 0.05) is 26.6 Å². The molecule has 1 aliphatic carbocycles. The van der Waals surface area contributed by atoms with Gasteiger partial charge in [-0.2, -0.15) is 0 Å². The summed E-state index contributed by atoms with van der Waals surface area (Å²) in [5.41, 5.74) is -1.22. The first-order chi connectivity index (χ1) is 9.88. The van der Waals surface area contributed by atoms with Gasteiger partial charge in [0.15, 0.2) is 0 Å². The number of rotatable bonds is 7. The third kappa shape index (κ3) is 3.34. The normalized spacial score (nSPS) is 24.8. The van der Waals surface area contributed by atoms with E-state index in [9.17, 15) is 19.5 Å². The van der Waals surface area contributed by atoms with Crippen LogP contribution in [0.4, 0.5) is 0 Å². The molecule has 118 valence electrons. The van der Waals surface area contributed by atoms with Crippen LogP contribution in [-0.4, -0.2) is 60.1 Å². The molecule has 2 fully saturated rings. The summed E-state index contributed by atoms with van der Waals surface area (Å²) in [4.78, 5) is 37.1. The molecule has 0 aromatic rings. The van der Waals surface area contributed by atoms with Crippen molar-refractivity contribution in [2.75, 3.05) is 26.8 Å². The highest BCUT2D eigenvalue weighted by Gasteiger charge is 2.49. The number of methoxy groups -OCH3 is 1. The van der Waals surface area contributed by atoms with Crippen LogP contribution >= 0.6 is 0 Å². The van der Waals surface area contributed by atoms with Gasteiger partial charge >= 0.3 is 5.97 Å². The van der Waals surface area contributed by atoms with Crippen LogP contribution in [0.25, 0.3) is 0 Å². The molecule has 1 heterocycles. The summed E-state index contributed by atoms with van der Waals surface area (Å²) in [5, 5.41) is 12.0. The zero-order valence-corrected chi connectivity index (χ0v) is 12.4. The Morgan fingerprint density at radius 3 is 2.67 bits per heavy atom. The average molecular weight is 298 g/mol. The Morgan fingerprint density at radius 1 is 1.48 bits per heavy atom. The molecule has 2 rings (SSSR count). The molecule has 2 atom stereocenters. The van der Waals surface area contributed by atoms with Crippen molar-refractivity contribution in [3.8, 4) is 0 Å². The first-order valence-corrected chi connectivity index (χ1v) is 7.20. The largest absolute Gasteiger partial charge is 0.480 e. The molecule has 0 bridgehead atoms. The highest BCUT2D eigenvalue weighted by Crippen LogP contribution is 2.40. The molecule has 2 unspecified atom stereocenters. The number of carbonyl (C=O) groups is 3. The minimum absolute atomic E-state index is 0.0133. The third-order valence-electron chi connectivity index (χ3n) is 4.37. The minimum atomic E-state index is -1.22. The number of carboxylic acids is 1. The van der Waals surface area contributed by atoms with Crippen molar-refractivity contribution in [2.24, 2.45) is 11.8 Å². The summed E-state index contributed by atoms with van der Waals surface area (Å²) in [6.45, 7) is 2.76. The molecule has 1 saturated carbocycles. The summed E-state index contributed by atoms with van der Waals surface area (Å²) in [7, 11) is 1.55. The number of carboxylic acid groups (broad SMARTS) is 1. The Morgan fingerprint density at radius 2 is 2.14 bits per heavy atom. The van der Waals surface area contributed by atoms with E-state index in [4.69, 9.17) is 4.74 Å². The second kappa shape index (κ2) is 6.01. The molecular formula is C14H22N2O5. The number of hydrogen-bond acceptors (Lipinski definition) is 4. The highest BCUT2D eigenvalue weighted by molar-refractivity contribution is 5.92. The number of likely N-dealkylation sites (tertiary alicyclic amines) is 1. The predicted molar refractivity (Wildman–Crippen MR) is 73.5 cm³/mol. The molecule has 7 heteroatoms. The van der Waals surface area contributed by atoms with Crippen LogP contribution in [0.2, 0.25) is 0 Å². The van der Waals surface area contributed by atoms with E-state index in [1.807, 2.05) is 0 Å². The fourth-order valence-corrected chi connectivity index (χ4v) is 2.71. The van der Waals surface area contributed by atoms with Gasteiger partial charge in [0.05, 0.1) is 12.5 Å². The van der Waals surface area contributed by atoms with Crippen LogP contribution in [0.15, 0.2) is 0 Å². The number of nitrogens with zero attached hydrogens (tertiary/aromatic N) is 1. The number of aliphatic carboxylic acids is 1. The maximum Gasteiger partial charge on any atom is 0.329 e. The van der Waals surface area contributed by atoms with Gasteiger partial charge in [-0.15, -0.1) is 0 Å². The maximum absolute atomic E-state index is 12.3. The van der Waals surface area contributed by atoms with Crippen molar-refractivity contribution in [3.63, 3.8) is 0 Å². The van der Waals surface area contributed by atoms with E-state index in [2.05, 4.69) is 5.32 Å². The third-order valence-corrected chi connectivity index (χ3v) is 4.37. The zero-order valence-electron chi connectivity index (χ0n) is 12.4. The molecule has 2 amide bonds. The van der Waals surface area contributed by atoms with Gasteiger partial charge in [0.2, 0.25) is 11.8 Å². The maximum atomic E-state index is 12.3. The van der Waals surface area contributed by atoms with Crippen LogP contribution in [0.1, 0.15) is 26.2 Å². The monoisotopic (exact) mass is 298 g/mol. The van der Waals surface area contributed by atoms with Crippen LogP contribution in [0.3, 0.4) is 0 Å². The van der Waals surface area contributed by atoms with Gasteiger partial charge < -0.3 is 20.1 Å². The number of nitrogens with one attached hydrogen (secondary N) is 1. The quantitative estimate of drug-likeness (QED) is 0.681. The number of amides is 2. The highest BCUT2D eigenvalue weighted by atomic mass is 16.5. The molecule has 1 aliphatic heterocycles. The SMILES string of the molecule is COCCN1CC(C(=O)NC(C)(C(=O)O)C2CC2)CC1=O. The molecule has 7 nitrogen and oxygen atoms in total. The second-order valence-electron chi connectivity index (χ2n) is 6.00. The van der Waals surface area contributed by atoms with Crippen molar-refractivity contribution in [2.45, 2.75) is 31.7 Å². The summed E-state index contributed by atoms with van der Waals surface area (Å²) in [6.07, 6.45) is 1.76. The van der Waals surface area contributed by atoms with Gasteiger partial charge in [0.25, 0.3) is 0 Å². The Labute approximate surface area is 123 Å². The standard InChI is InChI=1S/C14H22N2O5/c1-14(13(19)20,10-3-4-10)15-12(18)9-7-11(17)16(8-9)5-6-21-2/h9-10H,3-8H2,1-2H3,(H,15,18)(H,19,20). The summed E-state index contributed by atoms with van der Waals surface area (Å²) >= 11 is 0. The Bertz CT molecular complexity index is 449. The molecule has 0 radical (unpaired) electrons. The summed E-state index contributed by atoms with van der Waals surface area (Å²) in [5.74, 6) is -1.94. The van der Waals surface area contributed by atoms with E-state index in [0.717, 1.165) is 12.8 Å². The number of carbonyl (C=O) groups excluding carboxylic acids is 2. The first kappa shape index (κ1) is 15.8. The van der Waals surface area contributed by atoms with E-state index in [-0.39, 0.29) is 24.2 Å². The van der Waals surface area contributed by atoms with Crippen LogP contribution < -0.4 is 5.32 Å². The topological polar surface area (TPSA) is 95.9 Å². The van der Waals surface area contributed by atoms with Crippen molar-refractivity contribution >= 4 is 17.8 Å². The molecule has 0 aromatic carbocycles. The summed E-state index contributed by atoms with van der Waals surface area (Å²) < 4.78 is 4.93. The van der Waals surface area contributed by atoms with Crippen molar-refractivity contribution < 1.29 is 24.2 Å². The van der Waals surface area contributed by atoms with Crippen molar-refractivity contribution in [1.82, 2.24) is 10.2 Å². The molecule has 0 aromatic heterocycles. The predicted octanol–water partition coefficient (Wildman–Crippen LogP) is -0.149. The van der Waals surface area contributed by atoms with Gasteiger partial charge in [-0.1, -0.05) is 0 Å². The fourth-order valence-electron chi connectivity index (χ4n) is 2.71. The lowest BCUT2D eigenvalue weighted by atomic mass is 9.94. The van der Waals surface area contributed by atoms with E-state index < -0.39 is 17.4 Å².